The fraction of sp³-hybridized carbons (Fsp3) is 1.00. The number of rotatable bonds is 2. The first-order valence-corrected chi connectivity index (χ1v) is 5.37. The summed E-state index contributed by atoms with van der Waals surface area (Å²) in [5, 5.41) is 0. The van der Waals surface area contributed by atoms with Crippen LogP contribution in [0.15, 0.2) is 0 Å². The van der Waals surface area contributed by atoms with Crippen molar-refractivity contribution >= 4 is 0 Å². The molecule has 2 unspecified atom stereocenters. The minimum absolute atomic E-state index is 0.777. The highest BCUT2D eigenvalue weighted by Gasteiger charge is 2.53. The SMILES string of the molecule is CC(C)C1CC2[C@H]1CN2C(C)C. The molecule has 70 valence electrons. The van der Waals surface area contributed by atoms with Crippen LogP contribution < -0.4 is 0 Å². The van der Waals surface area contributed by atoms with E-state index in [1.54, 1.807) is 0 Å². The van der Waals surface area contributed by atoms with Gasteiger partial charge in [-0.1, -0.05) is 13.8 Å². The number of nitrogens with zero attached hydrogens (tertiary/aromatic N) is 1. The third-order valence-electron chi connectivity index (χ3n) is 3.93. The van der Waals surface area contributed by atoms with Gasteiger partial charge in [0.2, 0.25) is 0 Å². The molecule has 0 aromatic rings. The second kappa shape index (κ2) is 2.73. The van der Waals surface area contributed by atoms with Gasteiger partial charge in [0, 0.05) is 18.6 Å². The van der Waals surface area contributed by atoms with Crippen LogP contribution in [-0.4, -0.2) is 23.5 Å². The van der Waals surface area contributed by atoms with Crippen LogP contribution in [-0.2, 0) is 0 Å². The normalized spacial score (nSPS) is 41.0. The molecule has 3 atom stereocenters. The van der Waals surface area contributed by atoms with Crippen LogP contribution in [0.1, 0.15) is 34.1 Å². The minimum atomic E-state index is 0.777. The van der Waals surface area contributed by atoms with Crippen molar-refractivity contribution in [1.29, 1.82) is 0 Å². The molecule has 0 aromatic heterocycles. The molecule has 0 bridgehead atoms. The largest absolute Gasteiger partial charge is 0.297 e. The van der Waals surface area contributed by atoms with E-state index in [1.165, 1.54) is 13.0 Å². The van der Waals surface area contributed by atoms with Gasteiger partial charge in [-0.2, -0.15) is 0 Å². The van der Waals surface area contributed by atoms with Crippen LogP contribution in [0.2, 0.25) is 0 Å². The van der Waals surface area contributed by atoms with Gasteiger partial charge >= 0.3 is 0 Å². The lowest BCUT2D eigenvalue weighted by molar-refractivity contribution is -0.138. The Bertz CT molecular complexity index is 154. The molecule has 2 fully saturated rings. The van der Waals surface area contributed by atoms with Gasteiger partial charge in [-0.15, -0.1) is 0 Å². The van der Waals surface area contributed by atoms with E-state index in [0.29, 0.717) is 0 Å². The molecule has 12 heavy (non-hydrogen) atoms. The summed E-state index contributed by atoms with van der Waals surface area (Å²) in [5.41, 5.74) is 0. The van der Waals surface area contributed by atoms with Gasteiger partial charge in [0.05, 0.1) is 0 Å². The van der Waals surface area contributed by atoms with Gasteiger partial charge in [0.15, 0.2) is 0 Å². The van der Waals surface area contributed by atoms with E-state index in [0.717, 1.165) is 29.8 Å². The van der Waals surface area contributed by atoms with Crippen molar-refractivity contribution in [2.45, 2.75) is 46.2 Å². The van der Waals surface area contributed by atoms with Crippen LogP contribution in [0.25, 0.3) is 0 Å². The molecule has 1 saturated heterocycles. The Morgan fingerprint density at radius 2 is 1.83 bits per heavy atom. The summed E-state index contributed by atoms with van der Waals surface area (Å²) in [5.74, 6) is 3.03. The van der Waals surface area contributed by atoms with Crippen LogP contribution in [0.3, 0.4) is 0 Å². The Kier molecular flexibility index (Phi) is 1.95. The third kappa shape index (κ3) is 1.02. The lowest BCUT2D eigenvalue weighted by Crippen LogP contribution is -2.69. The van der Waals surface area contributed by atoms with Crippen molar-refractivity contribution < 1.29 is 0 Å². The van der Waals surface area contributed by atoms with Crippen LogP contribution >= 0.6 is 0 Å². The molecule has 0 radical (unpaired) electrons. The Hall–Kier alpha value is -0.0400. The molecule has 1 aliphatic carbocycles. The lowest BCUT2D eigenvalue weighted by atomic mass is 9.58. The molecular formula is C11H21N. The first-order valence-electron chi connectivity index (χ1n) is 5.37. The van der Waals surface area contributed by atoms with E-state index in [1.807, 2.05) is 0 Å². The molecule has 2 rings (SSSR count). The maximum absolute atomic E-state index is 2.66. The van der Waals surface area contributed by atoms with E-state index in [-0.39, 0.29) is 0 Å². The predicted molar refractivity (Wildman–Crippen MR) is 52.1 cm³/mol. The Balaban J connectivity index is 1.85. The van der Waals surface area contributed by atoms with E-state index in [9.17, 15) is 0 Å². The number of likely N-dealkylation sites (tertiary alicyclic amines) is 1. The number of fused-ring (bicyclic) bond motifs is 1. The van der Waals surface area contributed by atoms with Gasteiger partial charge in [0.1, 0.15) is 0 Å². The summed E-state index contributed by atoms with van der Waals surface area (Å²) >= 11 is 0. The zero-order valence-electron chi connectivity index (χ0n) is 8.75. The Morgan fingerprint density at radius 3 is 2.17 bits per heavy atom. The van der Waals surface area contributed by atoms with Crippen LogP contribution in [0.5, 0.6) is 0 Å². The van der Waals surface area contributed by atoms with Crippen molar-refractivity contribution in [2.75, 3.05) is 6.54 Å². The average Bonchev–Trinajstić information content (AvgIpc) is 1.92. The second-order valence-corrected chi connectivity index (χ2v) is 5.17. The minimum Gasteiger partial charge on any atom is -0.297 e. The van der Waals surface area contributed by atoms with Crippen molar-refractivity contribution in [2.24, 2.45) is 17.8 Å². The van der Waals surface area contributed by atoms with E-state index in [2.05, 4.69) is 32.6 Å². The summed E-state index contributed by atoms with van der Waals surface area (Å²) in [4.78, 5) is 2.66. The van der Waals surface area contributed by atoms with Gasteiger partial charge in [-0.05, 0) is 38.0 Å². The zero-order chi connectivity index (χ0) is 8.88. The van der Waals surface area contributed by atoms with E-state index < -0.39 is 0 Å². The van der Waals surface area contributed by atoms with Gasteiger partial charge < -0.3 is 0 Å². The molecule has 1 nitrogen and oxygen atoms in total. The molecule has 1 saturated carbocycles. The highest BCUT2D eigenvalue weighted by Crippen LogP contribution is 2.50. The first kappa shape index (κ1) is 8.55. The van der Waals surface area contributed by atoms with E-state index in [4.69, 9.17) is 0 Å². The quantitative estimate of drug-likeness (QED) is 0.610. The summed E-state index contributed by atoms with van der Waals surface area (Å²) < 4.78 is 0. The van der Waals surface area contributed by atoms with Gasteiger partial charge in [-0.25, -0.2) is 0 Å². The first-order chi connectivity index (χ1) is 5.61. The number of hydrogen-bond donors (Lipinski definition) is 0. The summed E-state index contributed by atoms with van der Waals surface area (Å²) in [6.07, 6.45) is 1.47. The average molecular weight is 167 g/mol. The van der Waals surface area contributed by atoms with E-state index >= 15 is 0 Å². The molecule has 0 amide bonds. The Morgan fingerprint density at radius 1 is 1.17 bits per heavy atom. The maximum Gasteiger partial charge on any atom is 0.0144 e. The van der Waals surface area contributed by atoms with Crippen LogP contribution in [0, 0.1) is 17.8 Å². The summed E-state index contributed by atoms with van der Waals surface area (Å²) in [7, 11) is 0. The molecule has 1 aliphatic heterocycles. The topological polar surface area (TPSA) is 3.24 Å². The molecule has 0 N–H and O–H groups in total. The van der Waals surface area contributed by atoms with Crippen molar-refractivity contribution in [3.8, 4) is 0 Å². The molecule has 0 spiro atoms. The van der Waals surface area contributed by atoms with Crippen molar-refractivity contribution in [3.05, 3.63) is 0 Å². The second-order valence-electron chi connectivity index (χ2n) is 5.17. The zero-order valence-corrected chi connectivity index (χ0v) is 8.75. The predicted octanol–water partition coefficient (Wildman–Crippen LogP) is 2.37. The Labute approximate surface area is 76.1 Å². The van der Waals surface area contributed by atoms with Gasteiger partial charge in [0.25, 0.3) is 0 Å². The summed E-state index contributed by atoms with van der Waals surface area (Å²) in [6.45, 7) is 10.8. The highest BCUT2D eigenvalue weighted by atomic mass is 15.3. The molecular weight excluding hydrogens is 146 g/mol. The third-order valence-corrected chi connectivity index (χ3v) is 3.93. The molecule has 1 heteroatoms. The van der Waals surface area contributed by atoms with Gasteiger partial charge in [-0.3, -0.25) is 4.90 Å². The molecule has 0 aromatic carbocycles. The lowest BCUT2D eigenvalue weighted by Gasteiger charge is -2.63. The molecule has 1 heterocycles. The fourth-order valence-corrected chi connectivity index (χ4v) is 2.96. The monoisotopic (exact) mass is 167 g/mol. The standard InChI is InChI=1S/C11H21N/c1-7(2)9-5-11-10(9)6-12(11)8(3)4/h7-11H,5-6H2,1-4H3/t9?,10-,11?/m0/s1. The maximum atomic E-state index is 2.66. The number of hydrogen-bond acceptors (Lipinski definition) is 1. The number of piperidine rings is 1. The smallest absolute Gasteiger partial charge is 0.0144 e. The van der Waals surface area contributed by atoms with Crippen molar-refractivity contribution in [1.82, 2.24) is 4.90 Å². The highest BCUT2D eigenvalue weighted by molar-refractivity contribution is 5.06. The molecule has 2 aliphatic rings. The fourth-order valence-electron chi connectivity index (χ4n) is 2.96. The van der Waals surface area contributed by atoms with Crippen LogP contribution in [0.4, 0.5) is 0 Å². The summed E-state index contributed by atoms with van der Waals surface area (Å²) in [6, 6.07) is 1.75. The van der Waals surface area contributed by atoms with Crippen molar-refractivity contribution in [3.63, 3.8) is 0 Å².